The lowest BCUT2D eigenvalue weighted by Crippen LogP contribution is -2.54. The molecule has 4 amide bonds. The number of para-hydroxylation sites is 1. The lowest BCUT2D eigenvalue weighted by molar-refractivity contribution is -0.122. The van der Waals surface area contributed by atoms with Crippen LogP contribution in [0.1, 0.15) is 5.56 Å². The van der Waals surface area contributed by atoms with Crippen molar-refractivity contribution in [2.24, 2.45) is 0 Å². The van der Waals surface area contributed by atoms with Crippen LogP contribution in [0, 0.1) is 0 Å². The Balaban J connectivity index is 2.00. The van der Waals surface area contributed by atoms with Crippen molar-refractivity contribution in [1.29, 1.82) is 0 Å². The molecule has 0 aliphatic carbocycles. The van der Waals surface area contributed by atoms with Gasteiger partial charge in [-0.1, -0.05) is 41.9 Å². The molecule has 1 aliphatic rings. The van der Waals surface area contributed by atoms with Crippen LogP contribution in [0.5, 0.6) is 0 Å². The Hall–Kier alpha value is -2.92. The van der Waals surface area contributed by atoms with Gasteiger partial charge < -0.3 is 0 Å². The van der Waals surface area contributed by atoms with E-state index < -0.39 is 17.8 Å². The first-order chi connectivity index (χ1) is 11.1. The zero-order chi connectivity index (χ0) is 16.4. The van der Waals surface area contributed by atoms with Gasteiger partial charge in [0.1, 0.15) is 5.57 Å². The van der Waals surface area contributed by atoms with Gasteiger partial charge in [-0.25, -0.2) is 9.69 Å². The van der Waals surface area contributed by atoms with Gasteiger partial charge in [0.25, 0.3) is 11.8 Å². The first kappa shape index (κ1) is 15.0. The van der Waals surface area contributed by atoms with Crippen LogP contribution < -0.4 is 10.2 Å². The predicted octanol–water partition coefficient (Wildman–Crippen LogP) is 3.01. The Morgan fingerprint density at radius 3 is 2.22 bits per heavy atom. The number of urea groups is 1. The van der Waals surface area contributed by atoms with Crippen LogP contribution in [0.15, 0.2) is 60.2 Å². The van der Waals surface area contributed by atoms with Crippen LogP contribution in [-0.4, -0.2) is 17.8 Å². The molecule has 114 valence electrons. The van der Waals surface area contributed by atoms with Gasteiger partial charge in [-0.15, -0.1) is 0 Å². The Morgan fingerprint density at radius 2 is 1.57 bits per heavy atom. The van der Waals surface area contributed by atoms with Crippen molar-refractivity contribution >= 4 is 41.2 Å². The number of carbonyl (C=O) groups excluding carboxylic acids is 3. The third-order valence-electron chi connectivity index (χ3n) is 3.30. The number of imide groups is 2. The molecule has 1 heterocycles. The van der Waals surface area contributed by atoms with Crippen LogP contribution in [0.3, 0.4) is 0 Å². The molecule has 0 saturated carbocycles. The summed E-state index contributed by atoms with van der Waals surface area (Å²) < 4.78 is 0. The number of hydrogen-bond donors (Lipinski definition) is 1. The van der Waals surface area contributed by atoms with Gasteiger partial charge in [0.2, 0.25) is 0 Å². The van der Waals surface area contributed by atoms with E-state index in [9.17, 15) is 14.4 Å². The average Bonchev–Trinajstić information content (AvgIpc) is 2.54. The number of barbiturate groups is 1. The van der Waals surface area contributed by atoms with E-state index in [0.717, 1.165) is 4.90 Å². The molecular formula is C17H11ClN2O3. The fourth-order valence-electron chi connectivity index (χ4n) is 2.19. The van der Waals surface area contributed by atoms with E-state index in [1.54, 1.807) is 54.6 Å². The maximum Gasteiger partial charge on any atom is 0.335 e. The van der Waals surface area contributed by atoms with Crippen molar-refractivity contribution in [2.75, 3.05) is 4.90 Å². The van der Waals surface area contributed by atoms with Crippen LogP contribution >= 0.6 is 11.6 Å². The van der Waals surface area contributed by atoms with E-state index in [0.29, 0.717) is 16.3 Å². The molecular weight excluding hydrogens is 316 g/mol. The van der Waals surface area contributed by atoms with Gasteiger partial charge in [-0.05, 0) is 35.9 Å². The number of nitrogens with zero attached hydrogens (tertiary/aromatic N) is 1. The van der Waals surface area contributed by atoms with E-state index in [1.165, 1.54) is 6.08 Å². The maximum absolute atomic E-state index is 12.6. The van der Waals surface area contributed by atoms with Crippen LogP contribution in [-0.2, 0) is 9.59 Å². The number of nitrogens with one attached hydrogen (secondary N) is 1. The number of halogens is 1. The predicted molar refractivity (Wildman–Crippen MR) is 86.9 cm³/mol. The van der Waals surface area contributed by atoms with Crippen molar-refractivity contribution in [2.45, 2.75) is 0 Å². The number of hydrogen-bond acceptors (Lipinski definition) is 3. The Morgan fingerprint density at radius 1 is 0.913 bits per heavy atom. The van der Waals surface area contributed by atoms with Gasteiger partial charge in [0.15, 0.2) is 0 Å². The fraction of sp³-hybridized carbons (Fsp3) is 0. The summed E-state index contributed by atoms with van der Waals surface area (Å²) in [6.07, 6.45) is 1.43. The summed E-state index contributed by atoms with van der Waals surface area (Å²) in [6, 6.07) is 14.3. The molecule has 3 rings (SSSR count). The molecule has 1 fully saturated rings. The molecule has 1 saturated heterocycles. The zero-order valence-corrected chi connectivity index (χ0v) is 12.6. The summed E-state index contributed by atoms with van der Waals surface area (Å²) in [5.74, 6) is -1.39. The fourth-order valence-corrected chi connectivity index (χ4v) is 2.32. The smallest absolute Gasteiger partial charge is 0.273 e. The minimum absolute atomic E-state index is 0.115. The highest BCUT2D eigenvalue weighted by atomic mass is 35.5. The summed E-state index contributed by atoms with van der Waals surface area (Å²) in [5, 5.41) is 2.72. The highest BCUT2D eigenvalue weighted by Crippen LogP contribution is 2.21. The third kappa shape index (κ3) is 3.00. The molecule has 23 heavy (non-hydrogen) atoms. The van der Waals surface area contributed by atoms with E-state index in [-0.39, 0.29) is 5.57 Å². The second-order valence-corrected chi connectivity index (χ2v) is 5.28. The zero-order valence-electron chi connectivity index (χ0n) is 11.8. The molecule has 1 aliphatic heterocycles. The molecule has 0 radical (unpaired) electrons. The number of amides is 4. The van der Waals surface area contributed by atoms with Crippen LogP contribution in [0.2, 0.25) is 5.02 Å². The van der Waals surface area contributed by atoms with E-state index in [4.69, 9.17) is 11.6 Å². The maximum atomic E-state index is 12.6. The van der Waals surface area contributed by atoms with E-state index in [1.807, 2.05) is 0 Å². The average molecular weight is 327 g/mol. The standard InChI is InChI=1S/C17H11ClN2O3/c18-12-8-6-11(7-9-12)10-14-15(21)19-17(23)20(16(14)22)13-4-2-1-3-5-13/h1-10H,(H,19,21,23)/b14-10+. The van der Waals surface area contributed by atoms with E-state index >= 15 is 0 Å². The number of carbonyl (C=O) groups is 3. The Kier molecular flexibility index (Phi) is 3.95. The highest BCUT2D eigenvalue weighted by molar-refractivity contribution is 6.39. The summed E-state index contributed by atoms with van der Waals surface area (Å²) in [4.78, 5) is 37.5. The first-order valence-electron chi connectivity index (χ1n) is 6.78. The summed E-state index contributed by atoms with van der Waals surface area (Å²) in [7, 11) is 0. The minimum Gasteiger partial charge on any atom is -0.273 e. The first-order valence-corrected chi connectivity index (χ1v) is 7.16. The van der Waals surface area contributed by atoms with Gasteiger partial charge in [-0.3, -0.25) is 14.9 Å². The lowest BCUT2D eigenvalue weighted by atomic mass is 10.1. The van der Waals surface area contributed by atoms with Crippen molar-refractivity contribution in [1.82, 2.24) is 5.32 Å². The third-order valence-corrected chi connectivity index (χ3v) is 3.55. The molecule has 2 aromatic carbocycles. The largest absolute Gasteiger partial charge is 0.335 e. The lowest BCUT2D eigenvalue weighted by Gasteiger charge is -2.26. The van der Waals surface area contributed by atoms with Crippen LogP contribution in [0.4, 0.5) is 10.5 Å². The number of benzene rings is 2. The number of anilines is 1. The van der Waals surface area contributed by atoms with Gasteiger partial charge >= 0.3 is 6.03 Å². The molecule has 0 bridgehead atoms. The molecule has 5 nitrogen and oxygen atoms in total. The topological polar surface area (TPSA) is 66.5 Å². The summed E-state index contributed by atoms with van der Waals surface area (Å²) >= 11 is 5.81. The monoisotopic (exact) mass is 326 g/mol. The SMILES string of the molecule is O=C1NC(=O)N(c2ccccc2)C(=O)/C1=C/c1ccc(Cl)cc1. The number of rotatable bonds is 2. The van der Waals surface area contributed by atoms with Crippen molar-refractivity contribution in [3.8, 4) is 0 Å². The quantitative estimate of drug-likeness (QED) is 0.681. The van der Waals surface area contributed by atoms with Crippen molar-refractivity contribution < 1.29 is 14.4 Å². The van der Waals surface area contributed by atoms with Gasteiger partial charge in [0.05, 0.1) is 5.69 Å². The normalized spacial score (nSPS) is 16.7. The summed E-state index contributed by atoms with van der Waals surface area (Å²) in [5.41, 5.74) is 0.913. The van der Waals surface area contributed by atoms with Crippen molar-refractivity contribution in [3.05, 3.63) is 70.8 Å². The molecule has 1 N–H and O–H groups in total. The van der Waals surface area contributed by atoms with Gasteiger partial charge in [-0.2, -0.15) is 0 Å². The molecule has 0 spiro atoms. The Bertz CT molecular complexity index is 813. The molecule has 0 unspecified atom stereocenters. The van der Waals surface area contributed by atoms with Crippen LogP contribution in [0.25, 0.3) is 6.08 Å². The second kappa shape index (κ2) is 6.06. The minimum atomic E-state index is -0.764. The van der Waals surface area contributed by atoms with Crippen molar-refractivity contribution in [3.63, 3.8) is 0 Å². The Labute approximate surface area is 137 Å². The molecule has 6 heteroatoms. The molecule has 2 aromatic rings. The van der Waals surface area contributed by atoms with E-state index in [2.05, 4.69) is 5.32 Å². The molecule has 0 aromatic heterocycles. The molecule has 0 atom stereocenters. The second-order valence-electron chi connectivity index (χ2n) is 4.84. The summed E-state index contributed by atoms with van der Waals surface area (Å²) in [6.45, 7) is 0. The highest BCUT2D eigenvalue weighted by Gasteiger charge is 2.36. The van der Waals surface area contributed by atoms with Gasteiger partial charge in [0, 0.05) is 5.02 Å².